The molecule has 1 heterocycles. The maximum absolute atomic E-state index is 14.0. The molecule has 1 unspecified atom stereocenters. The summed E-state index contributed by atoms with van der Waals surface area (Å²) in [5, 5.41) is 20.1. The zero-order valence-electron chi connectivity index (χ0n) is 10.7. The van der Waals surface area contributed by atoms with Gasteiger partial charge in [0.15, 0.2) is 0 Å². The molecule has 1 atom stereocenters. The predicted octanol–water partition coefficient (Wildman–Crippen LogP) is 2.16. The lowest BCUT2D eigenvalue weighted by molar-refractivity contribution is -0.387. The van der Waals surface area contributed by atoms with Crippen LogP contribution in [-0.4, -0.2) is 29.2 Å². The Morgan fingerprint density at radius 2 is 2.30 bits per heavy atom. The second kappa shape index (κ2) is 5.54. The highest BCUT2D eigenvalue weighted by molar-refractivity contribution is 5.75. The van der Waals surface area contributed by atoms with Gasteiger partial charge in [-0.3, -0.25) is 14.9 Å². The van der Waals surface area contributed by atoms with Crippen molar-refractivity contribution in [3.05, 3.63) is 39.7 Å². The van der Waals surface area contributed by atoms with Gasteiger partial charge >= 0.3 is 11.7 Å². The van der Waals surface area contributed by atoms with Gasteiger partial charge in [-0.05, 0) is 24.8 Å². The van der Waals surface area contributed by atoms with Gasteiger partial charge in [0.05, 0.1) is 16.9 Å². The van der Waals surface area contributed by atoms with Gasteiger partial charge < -0.3 is 9.84 Å². The highest BCUT2D eigenvalue weighted by Gasteiger charge is 2.41. The minimum absolute atomic E-state index is 0.00946. The summed E-state index contributed by atoms with van der Waals surface area (Å²) in [6, 6.07) is 3.79. The summed E-state index contributed by atoms with van der Waals surface area (Å²) >= 11 is 0. The van der Waals surface area contributed by atoms with Gasteiger partial charge in [0.1, 0.15) is 0 Å². The summed E-state index contributed by atoms with van der Waals surface area (Å²) in [6.07, 6.45) is 0.823. The summed E-state index contributed by atoms with van der Waals surface area (Å²) in [4.78, 5) is 21.4. The number of hydrogen-bond donors (Lipinski definition) is 1. The van der Waals surface area contributed by atoms with E-state index in [2.05, 4.69) is 0 Å². The van der Waals surface area contributed by atoms with E-state index in [0.717, 1.165) is 6.07 Å². The van der Waals surface area contributed by atoms with Crippen LogP contribution < -0.4 is 0 Å². The third-order valence-electron chi connectivity index (χ3n) is 3.56. The molecule has 0 aliphatic carbocycles. The van der Waals surface area contributed by atoms with Crippen molar-refractivity contribution in [3.8, 4) is 0 Å². The number of ether oxygens (including phenoxy) is 1. The maximum Gasteiger partial charge on any atom is 0.312 e. The van der Waals surface area contributed by atoms with Crippen LogP contribution in [0.25, 0.3) is 0 Å². The zero-order chi connectivity index (χ0) is 14.8. The quantitative estimate of drug-likeness (QED) is 0.675. The average Bonchev–Trinajstić information content (AvgIpc) is 2.41. The first kappa shape index (κ1) is 14.4. The minimum atomic E-state index is -1.21. The van der Waals surface area contributed by atoms with Crippen LogP contribution in [0.5, 0.6) is 0 Å². The number of hydrogen-bond acceptors (Lipinski definition) is 4. The van der Waals surface area contributed by atoms with Crippen molar-refractivity contribution in [3.63, 3.8) is 0 Å². The van der Waals surface area contributed by atoms with Crippen LogP contribution in [0, 0.1) is 21.3 Å². The molecular weight excluding hydrogens is 269 g/mol. The van der Waals surface area contributed by atoms with E-state index in [1.54, 1.807) is 0 Å². The van der Waals surface area contributed by atoms with Crippen molar-refractivity contribution in [2.45, 2.75) is 19.3 Å². The Hall–Kier alpha value is -2.02. The monoisotopic (exact) mass is 283 g/mol. The van der Waals surface area contributed by atoms with Crippen molar-refractivity contribution in [2.24, 2.45) is 5.41 Å². The number of aliphatic carboxylic acids is 1. The fraction of sp³-hybridized carbons (Fsp3) is 0.462. The normalized spacial score (nSPS) is 22.4. The van der Waals surface area contributed by atoms with Crippen molar-refractivity contribution < 1.29 is 24.0 Å². The van der Waals surface area contributed by atoms with E-state index >= 15 is 0 Å². The van der Waals surface area contributed by atoms with Gasteiger partial charge in [0.25, 0.3) is 0 Å². The number of nitro benzene ring substituents is 1. The molecule has 1 aromatic carbocycles. The molecular formula is C13H14FNO5. The molecule has 0 aromatic heterocycles. The van der Waals surface area contributed by atoms with E-state index in [0.29, 0.717) is 19.4 Å². The van der Waals surface area contributed by atoms with E-state index in [-0.39, 0.29) is 18.6 Å². The summed E-state index contributed by atoms with van der Waals surface area (Å²) in [5.41, 5.74) is -1.82. The predicted molar refractivity (Wildman–Crippen MR) is 66.9 cm³/mol. The Balaban J connectivity index is 2.34. The molecule has 108 valence electrons. The van der Waals surface area contributed by atoms with Crippen LogP contribution in [0.1, 0.15) is 18.4 Å². The fourth-order valence-corrected chi connectivity index (χ4v) is 2.44. The Labute approximate surface area is 114 Å². The van der Waals surface area contributed by atoms with Gasteiger partial charge in [0.2, 0.25) is 5.82 Å². The standard InChI is InChI=1S/C13H14FNO5/c14-11-9(3-1-4-10(11)15(18)19)7-13(12(16)17)5-2-6-20-8-13/h1,3-4H,2,5-8H2,(H,16,17). The van der Waals surface area contributed by atoms with Gasteiger partial charge in [-0.15, -0.1) is 0 Å². The molecule has 20 heavy (non-hydrogen) atoms. The molecule has 1 saturated heterocycles. The minimum Gasteiger partial charge on any atom is -0.481 e. The number of carboxylic acid groups (broad SMARTS) is 1. The Kier molecular flexibility index (Phi) is 3.99. The smallest absolute Gasteiger partial charge is 0.312 e. The lowest BCUT2D eigenvalue weighted by Crippen LogP contribution is -2.41. The number of carbonyl (C=O) groups is 1. The molecule has 1 aliphatic heterocycles. The van der Waals surface area contributed by atoms with Crippen molar-refractivity contribution in [2.75, 3.05) is 13.2 Å². The zero-order valence-corrected chi connectivity index (χ0v) is 10.7. The van der Waals surface area contributed by atoms with E-state index in [1.807, 2.05) is 0 Å². The second-order valence-electron chi connectivity index (χ2n) is 4.93. The van der Waals surface area contributed by atoms with Crippen LogP contribution in [0.2, 0.25) is 0 Å². The van der Waals surface area contributed by atoms with Crippen LogP contribution in [0.3, 0.4) is 0 Å². The first-order chi connectivity index (χ1) is 9.46. The fourth-order valence-electron chi connectivity index (χ4n) is 2.44. The molecule has 0 radical (unpaired) electrons. The van der Waals surface area contributed by atoms with Gasteiger partial charge in [-0.1, -0.05) is 12.1 Å². The van der Waals surface area contributed by atoms with E-state index < -0.39 is 27.8 Å². The van der Waals surface area contributed by atoms with Crippen molar-refractivity contribution >= 4 is 11.7 Å². The maximum atomic E-state index is 14.0. The molecule has 0 spiro atoms. The molecule has 0 saturated carbocycles. The first-order valence-electron chi connectivity index (χ1n) is 6.19. The Morgan fingerprint density at radius 1 is 1.55 bits per heavy atom. The molecule has 1 aliphatic rings. The summed E-state index contributed by atoms with van der Waals surface area (Å²) < 4.78 is 19.2. The second-order valence-corrected chi connectivity index (χ2v) is 4.93. The van der Waals surface area contributed by atoms with Crippen molar-refractivity contribution in [1.82, 2.24) is 0 Å². The summed E-state index contributed by atoms with van der Waals surface area (Å²) in [5.74, 6) is -2.04. The first-order valence-corrected chi connectivity index (χ1v) is 6.19. The van der Waals surface area contributed by atoms with E-state index in [4.69, 9.17) is 4.74 Å². The lowest BCUT2D eigenvalue weighted by Gasteiger charge is -2.33. The summed E-state index contributed by atoms with van der Waals surface area (Å²) in [7, 11) is 0. The molecule has 0 bridgehead atoms. The molecule has 6 nitrogen and oxygen atoms in total. The number of halogens is 1. The highest BCUT2D eigenvalue weighted by atomic mass is 19.1. The lowest BCUT2D eigenvalue weighted by atomic mass is 9.77. The third kappa shape index (κ3) is 2.62. The molecule has 1 fully saturated rings. The number of benzene rings is 1. The van der Waals surface area contributed by atoms with Gasteiger partial charge in [-0.25, -0.2) is 0 Å². The number of nitro groups is 1. The SMILES string of the molecule is O=C(O)C1(Cc2cccc([N+](=O)[O-])c2F)CCCOC1. The van der Waals surface area contributed by atoms with E-state index in [9.17, 15) is 24.4 Å². The van der Waals surface area contributed by atoms with Crippen LogP contribution in [0.15, 0.2) is 18.2 Å². The topological polar surface area (TPSA) is 89.7 Å². The molecule has 2 rings (SSSR count). The van der Waals surface area contributed by atoms with E-state index in [1.165, 1.54) is 12.1 Å². The molecule has 7 heteroatoms. The average molecular weight is 283 g/mol. The number of nitrogens with zero attached hydrogens (tertiary/aromatic N) is 1. The number of carboxylic acids is 1. The largest absolute Gasteiger partial charge is 0.481 e. The van der Waals surface area contributed by atoms with Crippen LogP contribution in [-0.2, 0) is 16.0 Å². The molecule has 0 amide bonds. The molecule has 1 aromatic rings. The number of rotatable bonds is 4. The molecule has 1 N–H and O–H groups in total. The Bertz CT molecular complexity index is 540. The van der Waals surface area contributed by atoms with Crippen molar-refractivity contribution in [1.29, 1.82) is 0 Å². The van der Waals surface area contributed by atoms with Gasteiger partial charge in [0, 0.05) is 12.7 Å². The van der Waals surface area contributed by atoms with Gasteiger partial charge in [-0.2, -0.15) is 4.39 Å². The summed E-state index contributed by atoms with van der Waals surface area (Å²) in [6.45, 7) is 0.469. The van der Waals surface area contributed by atoms with Crippen LogP contribution in [0.4, 0.5) is 10.1 Å². The Morgan fingerprint density at radius 3 is 2.85 bits per heavy atom. The third-order valence-corrected chi connectivity index (χ3v) is 3.56. The highest BCUT2D eigenvalue weighted by Crippen LogP contribution is 2.35. The van der Waals surface area contributed by atoms with Crippen LogP contribution >= 0.6 is 0 Å².